The van der Waals surface area contributed by atoms with Crippen molar-refractivity contribution >= 4 is 29.2 Å². The molecular formula is C20H18Cl2N2O2. The van der Waals surface area contributed by atoms with Gasteiger partial charge in [-0.1, -0.05) is 59.6 Å². The van der Waals surface area contributed by atoms with E-state index in [0.717, 1.165) is 11.1 Å². The number of halogens is 2. The van der Waals surface area contributed by atoms with Gasteiger partial charge in [0, 0.05) is 34.4 Å². The number of aryl methyl sites for hydroxylation is 1. The maximum absolute atomic E-state index is 12.4. The Bertz CT molecular complexity index is 852. The SMILES string of the molecule is O=C(CCc1ccccc1)OC(Cn1ccnc1)c1ccc(Cl)cc1Cl. The first kappa shape index (κ1) is 18.5. The van der Waals surface area contributed by atoms with E-state index in [-0.39, 0.29) is 5.97 Å². The number of esters is 1. The number of imidazole rings is 1. The molecule has 0 bridgehead atoms. The van der Waals surface area contributed by atoms with Crippen molar-refractivity contribution in [2.24, 2.45) is 0 Å². The quantitative estimate of drug-likeness (QED) is 0.528. The molecule has 0 saturated heterocycles. The van der Waals surface area contributed by atoms with Gasteiger partial charge in [-0.15, -0.1) is 0 Å². The van der Waals surface area contributed by atoms with E-state index in [1.165, 1.54) is 0 Å². The lowest BCUT2D eigenvalue weighted by Crippen LogP contribution is -2.17. The molecule has 1 heterocycles. The zero-order valence-corrected chi connectivity index (χ0v) is 15.5. The summed E-state index contributed by atoms with van der Waals surface area (Å²) >= 11 is 12.3. The van der Waals surface area contributed by atoms with Gasteiger partial charge in [0.15, 0.2) is 0 Å². The van der Waals surface area contributed by atoms with Crippen LogP contribution in [0.1, 0.15) is 23.7 Å². The maximum atomic E-state index is 12.4. The molecule has 0 fully saturated rings. The Kier molecular flexibility index (Phi) is 6.31. The molecule has 4 nitrogen and oxygen atoms in total. The van der Waals surface area contributed by atoms with Gasteiger partial charge >= 0.3 is 5.97 Å². The first-order valence-corrected chi connectivity index (χ1v) is 9.01. The highest BCUT2D eigenvalue weighted by Gasteiger charge is 2.20. The summed E-state index contributed by atoms with van der Waals surface area (Å²) in [5.74, 6) is -0.273. The summed E-state index contributed by atoms with van der Waals surface area (Å²) in [6.45, 7) is 0.429. The van der Waals surface area contributed by atoms with Gasteiger partial charge in [0.05, 0.1) is 12.9 Å². The molecule has 0 amide bonds. The predicted octanol–water partition coefficient (Wildman–Crippen LogP) is 5.11. The third-order valence-corrected chi connectivity index (χ3v) is 4.54. The van der Waals surface area contributed by atoms with Crippen LogP contribution in [0.2, 0.25) is 10.0 Å². The number of carbonyl (C=O) groups excluding carboxylic acids is 1. The Morgan fingerprint density at radius 1 is 1.15 bits per heavy atom. The van der Waals surface area contributed by atoms with Gasteiger partial charge in [0.2, 0.25) is 0 Å². The first-order chi connectivity index (χ1) is 12.6. The van der Waals surface area contributed by atoms with Crippen LogP contribution < -0.4 is 0 Å². The molecule has 1 aromatic heterocycles. The highest BCUT2D eigenvalue weighted by atomic mass is 35.5. The van der Waals surface area contributed by atoms with Crippen molar-refractivity contribution in [1.29, 1.82) is 0 Å². The largest absolute Gasteiger partial charge is 0.455 e. The van der Waals surface area contributed by atoms with Crippen LogP contribution in [0.3, 0.4) is 0 Å². The second kappa shape index (κ2) is 8.88. The molecule has 1 atom stereocenters. The van der Waals surface area contributed by atoms with E-state index in [1.807, 2.05) is 41.1 Å². The third-order valence-electron chi connectivity index (χ3n) is 3.98. The molecule has 6 heteroatoms. The number of ether oxygens (including phenoxy) is 1. The molecular weight excluding hydrogens is 371 g/mol. The lowest BCUT2D eigenvalue weighted by atomic mass is 10.1. The van der Waals surface area contributed by atoms with Crippen molar-refractivity contribution in [3.8, 4) is 0 Å². The molecule has 0 N–H and O–H groups in total. The van der Waals surface area contributed by atoms with Gasteiger partial charge in [-0.2, -0.15) is 0 Å². The van der Waals surface area contributed by atoms with Crippen LogP contribution in [0.5, 0.6) is 0 Å². The standard InChI is InChI=1S/C20H18Cl2N2O2/c21-16-7-8-17(18(22)12-16)19(13-24-11-10-23-14-24)26-20(25)9-6-15-4-2-1-3-5-15/h1-5,7-8,10-12,14,19H,6,9,13H2. The molecule has 0 radical (unpaired) electrons. The minimum atomic E-state index is -0.516. The fourth-order valence-electron chi connectivity index (χ4n) is 2.66. The van der Waals surface area contributed by atoms with E-state index >= 15 is 0 Å². The van der Waals surface area contributed by atoms with E-state index in [0.29, 0.717) is 29.4 Å². The number of carbonyl (C=O) groups is 1. The Morgan fingerprint density at radius 2 is 1.96 bits per heavy atom. The summed E-state index contributed by atoms with van der Waals surface area (Å²) in [4.78, 5) is 16.4. The van der Waals surface area contributed by atoms with Crippen LogP contribution in [0.15, 0.2) is 67.3 Å². The molecule has 0 spiro atoms. The molecule has 3 aromatic rings. The second-order valence-corrected chi connectivity index (χ2v) is 6.73. The van der Waals surface area contributed by atoms with Gasteiger partial charge in [-0.25, -0.2) is 4.98 Å². The lowest BCUT2D eigenvalue weighted by molar-refractivity contribution is -0.150. The van der Waals surface area contributed by atoms with Crippen LogP contribution in [0.25, 0.3) is 0 Å². The maximum Gasteiger partial charge on any atom is 0.306 e. The Hall–Kier alpha value is -2.30. The number of nitrogens with zero attached hydrogens (tertiary/aromatic N) is 2. The molecule has 0 saturated carbocycles. The highest BCUT2D eigenvalue weighted by molar-refractivity contribution is 6.35. The average molecular weight is 389 g/mol. The highest BCUT2D eigenvalue weighted by Crippen LogP contribution is 2.30. The zero-order valence-electron chi connectivity index (χ0n) is 14.0. The molecule has 0 aliphatic rings. The van der Waals surface area contributed by atoms with Crippen molar-refractivity contribution in [2.75, 3.05) is 0 Å². The number of benzene rings is 2. The van der Waals surface area contributed by atoms with Gasteiger partial charge < -0.3 is 9.30 Å². The van der Waals surface area contributed by atoms with Crippen LogP contribution in [-0.4, -0.2) is 15.5 Å². The average Bonchev–Trinajstić information content (AvgIpc) is 3.13. The summed E-state index contributed by atoms with van der Waals surface area (Å²) < 4.78 is 7.58. The van der Waals surface area contributed by atoms with Crippen LogP contribution in [-0.2, 0) is 22.5 Å². The summed E-state index contributed by atoms with van der Waals surface area (Å²) in [5, 5.41) is 1.01. The third kappa shape index (κ3) is 5.10. The fraction of sp³-hybridized carbons (Fsp3) is 0.200. The molecule has 134 valence electrons. The van der Waals surface area contributed by atoms with Gasteiger partial charge in [-0.3, -0.25) is 4.79 Å². The monoisotopic (exact) mass is 388 g/mol. The number of aromatic nitrogens is 2. The van der Waals surface area contributed by atoms with E-state index in [9.17, 15) is 4.79 Å². The van der Waals surface area contributed by atoms with Crippen LogP contribution in [0, 0.1) is 0 Å². The van der Waals surface area contributed by atoms with Crippen LogP contribution >= 0.6 is 23.2 Å². The number of hydrogen-bond donors (Lipinski definition) is 0. The molecule has 0 aliphatic carbocycles. The van der Waals surface area contributed by atoms with Crippen molar-refractivity contribution in [2.45, 2.75) is 25.5 Å². The molecule has 0 aliphatic heterocycles. The minimum absolute atomic E-state index is 0.273. The summed E-state index contributed by atoms with van der Waals surface area (Å²) in [5.41, 5.74) is 1.82. The lowest BCUT2D eigenvalue weighted by Gasteiger charge is -2.20. The molecule has 3 rings (SSSR count). The summed E-state index contributed by atoms with van der Waals surface area (Å²) in [6.07, 6.45) is 5.58. The minimum Gasteiger partial charge on any atom is -0.455 e. The van der Waals surface area contributed by atoms with E-state index in [4.69, 9.17) is 27.9 Å². The summed E-state index contributed by atoms with van der Waals surface area (Å²) in [7, 11) is 0. The van der Waals surface area contributed by atoms with Crippen molar-refractivity contribution in [3.05, 3.63) is 88.4 Å². The molecule has 2 aromatic carbocycles. The Labute approximate surface area is 162 Å². The first-order valence-electron chi connectivity index (χ1n) is 8.26. The molecule has 1 unspecified atom stereocenters. The normalized spacial score (nSPS) is 11.9. The van der Waals surface area contributed by atoms with Crippen molar-refractivity contribution in [1.82, 2.24) is 9.55 Å². The van der Waals surface area contributed by atoms with Gasteiger partial charge in [0.1, 0.15) is 6.10 Å². The molecule has 26 heavy (non-hydrogen) atoms. The van der Waals surface area contributed by atoms with E-state index in [2.05, 4.69) is 4.98 Å². The van der Waals surface area contributed by atoms with Crippen LogP contribution in [0.4, 0.5) is 0 Å². The van der Waals surface area contributed by atoms with Gasteiger partial charge in [0.25, 0.3) is 0 Å². The number of hydrogen-bond acceptors (Lipinski definition) is 3. The summed E-state index contributed by atoms with van der Waals surface area (Å²) in [6, 6.07) is 15.0. The second-order valence-electron chi connectivity index (χ2n) is 5.89. The van der Waals surface area contributed by atoms with Crippen molar-refractivity contribution < 1.29 is 9.53 Å². The Balaban J connectivity index is 1.71. The van der Waals surface area contributed by atoms with Gasteiger partial charge in [-0.05, 0) is 24.1 Å². The van der Waals surface area contributed by atoms with Crippen molar-refractivity contribution in [3.63, 3.8) is 0 Å². The Morgan fingerprint density at radius 3 is 2.65 bits per heavy atom. The smallest absolute Gasteiger partial charge is 0.306 e. The fourth-order valence-corrected chi connectivity index (χ4v) is 3.19. The van der Waals surface area contributed by atoms with E-state index in [1.54, 1.807) is 30.7 Å². The topological polar surface area (TPSA) is 44.1 Å². The zero-order chi connectivity index (χ0) is 18.4. The van der Waals surface area contributed by atoms with E-state index < -0.39 is 6.10 Å². The number of rotatable bonds is 7. The predicted molar refractivity (Wildman–Crippen MR) is 102 cm³/mol.